The van der Waals surface area contributed by atoms with Gasteiger partial charge in [-0.3, -0.25) is 9.47 Å². The van der Waals surface area contributed by atoms with E-state index in [4.69, 9.17) is 4.74 Å². The van der Waals surface area contributed by atoms with E-state index in [1.54, 1.807) is 23.9 Å². The van der Waals surface area contributed by atoms with Gasteiger partial charge in [0, 0.05) is 13.2 Å². The molecule has 2 aromatic rings. The maximum absolute atomic E-state index is 14.0. The first-order chi connectivity index (χ1) is 10.8. The summed E-state index contributed by atoms with van der Waals surface area (Å²) in [5, 5.41) is 9.23. The third-order valence-electron chi connectivity index (χ3n) is 4.04. The normalized spacial score (nSPS) is 22.0. The Kier molecular flexibility index (Phi) is 3.85. The Balaban J connectivity index is 1.58. The predicted molar refractivity (Wildman–Crippen MR) is 81.8 cm³/mol. The fourth-order valence-electron chi connectivity index (χ4n) is 2.94. The number of rotatable bonds is 3. The zero-order valence-corrected chi connectivity index (χ0v) is 12.9. The van der Waals surface area contributed by atoms with Crippen LogP contribution in [-0.2, 0) is 11.4 Å². The average Bonchev–Trinajstić information content (AvgIpc) is 3.17. The van der Waals surface area contributed by atoms with E-state index in [0.717, 1.165) is 37.0 Å². The second kappa shape index (κ2) is 5.98. The molecule has 3 heterocycles. The third-order valence-corrected chi connectivity index (χ3v) is 5.09. The van der Waals surface area contributed by atoms with Crippen LogP contribution in [0.25, 0.3) is 11.4 Å². The van der Waals surface area contributed by atoms with Crippen LogP contribution in [0, 0.1) is 5.82 Å². The maximum atomic E-state index is 14.0. The Bertz CT molecular complexity index is 671. The molecule has 116 valence electrons. The second-order valence-electron chi connectivity index (χ2n) is 5.62. The van der Waals surface area contributed by atoms with Crippen LogP contribution in [0.4, 0.5) is 4.39 Å². The Morgan fingerprint density at radius 3 is 3.05 bits per heavy atom. The maximum Gasteiger partial charge on any atom is 0.193 e. The molecule has 1 atom stereocenters. The molecular weight excluding hydrogens is 303 g/mol. The van der Waals surface area contributed by atoms with E-state index in [2.05, 4.69) is 15.1 Å². The molecule has 1 aromatic carbocycles. The molecule has 7 heteroatoms. The summed E-state index contributed by atoms with van der Waals surface area (Å²) in [6.07, 6.45) is 2.58. The molecule has 22 heavy (non-hydrogen) atoms. The van der Waals surface area contributed by atoms with Gasteiger partial charge >= 0.3 is 0 Å². The average molecular weight is 320 g/mol. The molecule has 0 N–H and O–H groups in total. The molecule has 1 fully saturated rings. The van der Waals surface area contributed by atoms with E-state index in [9.17, 15) is 4.39 Å². The van der Waals surface area contributed by atoms with Crippen molar-refractivity contribution < 1.29 is 9.13 Å². The van der Waals surface area contributed by atoms with Crippen LogP contribution in [0.1, 0.15) is 12.8 Å². The second-order valence-corrected chi connectivity index (χ2v) is 6.53. The van der Waals surface area contributed by atoms with E-state index >= 15 is 0 Å². The van der Waals surface area contributed by atoms with Gasteiger partial charge in [-0.2, -0.15) is 0 Å². The molecule has 0 amide bonds. The van der Waals surface area contributed by atoms with Gasteiger partial charge in [-0.05, 0) is 25.0 Å². The molecule has 0 radical (unpaired) electrons. The van der Waals surface area contributed by atoms with E-state index in [1.807, 2.05) is 10.6 Å². The fraction of sp³-hybridized carbons (Fsp3) is 0.467. The predicted octanol–water partition coefficient (Wildman–Crippen LogP) is 2.59. The lowest BCUT2D eigenvalue weighted by atomic mass is 10.2. The summed E-state index contributed by atoms with van der Waals surface area (Å²) in [4.78, 5) is 2.31. The van der Waals surface area contributed by atoms with E-state index < -0.39 is 0 Å². The minimum atomic E-state index is -0.265. The molecule has 0 bridgehead atoms. The van der Waals surface area contributed by atoms with Crippen molar-refractivity contribution in [2.75, 3.05) is 19.0 Å². The first kappa shape index (κ1) is 14.2. The number of thioether (sulfide) groups is 1. The molecule has 0 spiro atoms. The summed E-state index contributed by atoms with van der Waals surface area (Å²) in [5.41, 5.74) is 0.501. The van der Waals surface area contributed by atoms with Crippen molar-refractivity contribution in [1.29, 1.82) is 0 Å². The fourth-order valence-corrected chi connectivity index (χ4v) is 3.83. The van der Waals surface area contributed by atoms with Crippen LogP contribution in [0.2, 0.25) is 0 Å². The van der Waals surface area contributed by atoms with Gasteiger partial charge in [0.1, 0.15) is 5.82 Å². The van der Waals surface area contributed by atoms with Gasteiger partial charge < -0.3 is 4.74 Å². The lowest BCUT2D eigenvalue weighted by Gasteiger charge is -2.29. The molecular formula is C15H17FN4OS. The van der Waals surface area contributed by atoms with Crippen molar-refractivity contribution in [1.82, 2.24) is 19.7 Å². The number of nitrogens with zero attached hydrogens (tertiary/aromatic N) is 4. The van der Waals surface area contributed by atoms with Gasteiger partial charge in [-0.15, -0.1) is 10.2 Å². The van der Waals surface area contributed by atoms with Crippen molar-refractivity contribution in [2.45, 2.75) is 30.8 Å². The Hall–Kier alpha value is -1.44. The Labute approximate surface area is 132 Å². The molecule has 1 saturated heterocycles. The highest BCUT2D eigenvalue weighted by molar-refractivity contribution is 7.99. The highest BCUT2D eigenvalue weighted by Crippen LogP contribution is 2.30. The lowest BCUT2D eigenvalue weighted by molar-refractivity contribution is 0.0677. The number of halogens is 1. The van der Waals surface area contributed by atoms with Crippen molar-refractivity contribution >= 4 is 11.8 Å². The number of ether oxygens (including phenoxy) is 1. The standard InChI is InChI=1S/C15H17FN4OS/c16-13-6-2-1-5-12(13)14-17-18-15-20(14)9-19(10-22-15)8-11-4-3-7-21-11/h1-2,5-6,11H,3-4,7-10H2. The summed E-state index contributed by atoms with van der Waals surface area (Å²) < 4.78 is 21.7. The summed E-state index contributed by atoms with van der Waals surface area (Å²) in [5.74, 6) is 1.20. The van der Waals surface area contributed by atoms with E-state index in [1.165, 1.54) is 6.07 Å². The summed E-state index contributed by atoms with van der Waals surface area (Å²) in [6.45, 7) is 2.45. The molecule has 1 unspecified atom stereocenters. The van der Waals surface area contributed by atoms with Crippen molar-refractivity contribution in [2.24, 2.45) is 0 Å². The van der Waals surface area contributed by atoms with E-state index in [0.29, 0.717) is 24.2 Å². The largest absolute Gasteiger partial charge is 0.377 e. The van der Waals surface area contributed by atoms with Crippen molar-refractivity contribution in [3.8, 4) is 11.4 Å². The first-order valence-electron chi connectivity index (χ1n) is 7.46. The minimum Gasteiger partial charge on any atom is -0.377 e. The molecule has 1 aromatic heterocycles. The highest BCUT2D eigenvalue weighted by atomic mass is 32.2. The molecule has 2 aliphatic heterocycles. The third kappa shape index (κ3) is 2.64. The van der Waals surface area contributed by atoms with Crippen LogP contribution < -0.4 is 0 Å². The Morgan fingerprint density at radius 1 is 1.32 bits per heavy atom. The molecule has 2 aliphatic rings. The van der Waals surface area contributed by atoms with Crippen LogP contribution in [0.3, 0.4) is 0 Å². The first-order valence-corrected chi connectivity index (χ1v) is 8.44. The van der Waals surface area contributed by atoms with Gasteiger partial charge in [0.15, 0.2) is 11.0 Å². The highest BCUT2D eigenvalue weighted by Gasteiger charge is 2.26. The smallest absolute Gasteiger partial charge is 0.193 e. The van der Waals surface area contributed by atoms with Gasteiger partial charge in [-0.1, -0.05) is 23.9 Å². The van der Waals surface area contributed by atoms with Gasteiger partial charge in [0.25, 0.3) is 0 Å². The summed E-state index contributed by atoms with van der Waals surface area (Å²) in [6, 6.07) is 6.71. The topological polar surface area (TPSA) is 43.2 Å². The number of fused-ring (bicyclic) bond motifs is 1. The number of hydrogen-bond donors (Lipinski definition) is 0. The van der Waals surface area contributed by atoms with Crippen LogP contribution >= 0.6 is 11.8 Å². The van der Waals surface area contributed by atoms with Crippen molar-refractivity contribution in [3.63, 3.8) is 0 Å². The van der Waals surface area contributed by atoms with E-state index in [-0.39, 0.29) is 5.82 Å². The number of aromatic nitrogens is 3. The zero-order valence-electron chi connectivity index (χ0n) is 12.1. The van der Waals surface area contributed by atoms with Crippen molar-refractivity contribution in [3.05, 3.63) is 30.1 Å². The molecule has 4 rings (SSSR count). The summed E-state index contributed by atoms with van der Waals surface area (Å²) in [7, 11) is 0. The van der Waals surface area contributed by atoms with Gasteiger partial charge in [0.05, 0.1) is 24.2 Å². The molecule has 0 aliphatic carbocycles. The monoisotopic (exact) mass is 320 g/mol. The van der Waals surface area contributed by atoms with Gasteiger partial charge in [0.2, 0.25) is 0 Å². The SMILES string of the molecule is Fc1ccccc1-c1nnc2n1CN(CC1CCCO1)CS2. The number of hydrogen-bond acceptors (Lipinski definition) is 5. The zero-order chi connectivity index (χ0) is 14.9. The van der Waals surface area contributed by atoms with Crippen LogP contribution in [-0.4, -0.2) is 44.8 Å². The lowest BCUT2D eigenvalue weighted by Crippen LogP contribution is -2.36. The molecule has 0 saturated carbocycles. The number of benzene rings is 1. The van der Waals surface area contributed by atoms with Crippen LogP contribution in [0.5, 0.6) is 0 Å². The molecule has 5 nitrogen and oxygen atoms in total. The summed E-state index contributed by atoms with van der Waals surface area (Å²) >= 11 is 1.64. The quantitative estimate of drug-likeness (QED) is 0.870. The van der Waals surface area contributed by atoms with Gasteiger partial charge in [-0.25, -0.2) is 4.39 Å². The van der Waals surface area contributed by atoms with Crippen LogP contribution in [0.15, 0.2) is 29.4 Å². The minimum absolute atomic E-state index is 0.265. The Morgan fingerprint density at radius 2 is 2.23 bits per heavy atom.